The zero-order valence-electron chi connectivity index (χ0n) is 17.4. The molecule has 1 fully saturated rings. The van der Waals surface area contributed by atoms with Crippen LogP contribution in [0.4, 0.5) is 13.2 Å². The summed E-state index contributed by atoms with van der Waals surface area (Å²) in [4.78, 5) is 8.02. The van der Waals surface area contributed by atoms with Crippen LogP contribution < -0.4 is 5.32 Å². The number of hydrogen-bond donors (Lipinski definition) is 1. The first-order valence-corrected chi connectivity index (χ1v) is 10.0. The monoisotopic (exact) mass is 398 g/mol. The minimum atomic E-state index is -4.14. The molecule has 0 aliphatic carbocycles. The maximum absolute atomic E-state index is 12.7. The minimum absolute atomic E-state index is 0.236. The molecule has 1 unspecified atom stereocenters. The Hall–Kier alpha value is -1.76. The van der Waals surface area contributed by atoms with Gasteiger partial charge in [-0.2, -0.15) is 13.2 Å². The molecule has 1 aromatic carbocycles. The van der Waals surface area contributed by atoms with Crippen molar-refractivity contribution in [3.8, 4) is 0 Å². The van der Waals surface area contributed by atoms with E-state index in [4.69, 9.17) is 0 Å². The third-order valence-corrected chi connectivity index (χ3v) is 5.14. The topological polar surface area (TPSA) is 30.9 Å². The van der Waals surface area contributed by atoms with Crippen LogP contribution in [0.1, 0.15) is 30.0 Å². The first-order chi connectivity index (χ1) is 13.2. The average molecular weight is 399 g/mol. The standard InChI is InChI=1S/C21H33F3N4/c1-5-27(15-21(22,23)24)13-19-7-9-28(14-19)20(25-4)26-8-6-18-11-16(2)10-17(3)12-18/h10-12,19H,5-9,13-15H2,1-4H3,(H,25,26). The molecule has 1 atom stereocenters. The number of aryl methyl sites for hydroxylation is 2. The smallest absolute Gasteiger partial charge is 0.356 e. The van der Waals surface area contributed by atoms with E-state index in [9.17, 15) is 13.2 Å². The lowest BCUT2D eigenvalue weighted by Gasteiger charge is -2.26. The van der Waals surface area contributed by atoms with Gasteiger partial charge in [0.2, 0.25) is 0 Å². The Bertz CT molecular complexity index is 637. The fourth-order valence-electron chi connectivity index (χ4n) is 3.96. The molecule has 1 aromatic rings. The summed E-state index contributed by atoms with van der Waals surface area (Å²) in [6, 6.07) is 6.56. The van der Waals surface area contributed by atoms with Crippen molar-refractivity contribution < 1.29 is 13.2 Å². The number of aliphatic imine (C=N–C) groups is 1. The van der Waals surface area contributed by atoms with E-state index >= 15 is 0 Å². The fraction of sp³-hybridized carbons (Fsp3) is 0.667. The van der Waals surface area contributed by atoms with Crippen molar-refractivity contribution in [3.05, 3.63) is 34.9 Å². The van der Waals surface area contributed by atoms with Gasteiger partial charge in [-0.15, -0.1) is 0 Å². The molecule has 0 saturated carbocycles. The van der Waals surface area contributed by atoms with Crippen LogP contribution in [-0.2, 0) is 6.42 Å². The largest absolute Gasteiger partial charge is 0.401 e. The molecule has 1 saturated heterocycles. The van der Waals surface area contributed by atoms with Crippen molar-refractivity contribution >= 4 is 5.96 Å². The molecular formula is C21H33F3N4. The first-order valence-electron chi connectivity index (χ1n) is 10.0. The molecule has 0 spiro atoms. The summed E-state index contributed by atoms with van der Waals surface area (Å²) in [5.74, 6) is 1.08. The number of alkyl halides is 3. The molecule has 0 amide bonds. The van der Waals surface area contributed by atoms with Gasteiger partial charge in [0.1, 0.15) is 0 Å². The van der Waals surface area contributed by atoms with Gasteiger partial charge in [0, 0.05) is 33.2 Å². The Morgan fingerprint density at radius 1 is 1.25 bits per heavy atom. The van der Waals surface area contributed by atoms with Gasteiger partial charge < -0.3 is 10.2 Å². The maximum atomic E-state index is 12.7. The van der Waals surface area contributed by atoms with E-state index in [-0.39, 0.29) is 5.92 Å². The van der Waals surface area contributed by atoms with Crippen molar-refractivity contribution in [2.75, 3.05) is 46.3 Å². The SMILES string of the molecule is CCN(CC1CCN(C(=NC)NCCc2cc(C)cc(C)c2)C1)CC(F)(F)F. The van der Waals surface area contributed by atoms with E-state index in [2.05, 4.69) is 47.3 Å². The van der Waals surface area contributed by atoms with Crippen LogP contribution >= 0.6 is 0 Å². The molecular weight excluding hydrogens is 365 g/mol. The Labute approximate surface area is 166 Å². The quantitative estimate of drug-likeness (QED) is 0.562. The van der Waals surface area contributed by atoms with E-state index < -0.39 is 12.7 Å². The molecule has 0 bridgehead atoms. The van der Waals surface area contributed by atoms with Gasteiger partial charge >= 0.3 is 6.18 Å². The van der Waals surface area contributed by atoms with Crippen molar-refractivity contribution in [1.82, 2.24) is 15.1 Å². The fourth-order valence-corrected chi connectivity index (χ4v) is 3.96. The number of nitrogens with one attached hydrogen (secondary N) is 1. The van der Waals surface area contributed by atoms with Gasteiger partial charge in [-0.1, -0.05) is 36.2 Å². The number of halogens is 3. The number of nitrogens with zero attached hydrogens (tertiary/aromatic N) is 3. The summed E-state index contributed by atoms with van der Waals surface area (Å²) >= 11 is 0. The van der Waals surface area contributed by atoms with Crippen LogP contribution in [0.5, 0.6) is 0 Å². The maximum Gasteiger partial charge on any atom is 0.401 e. The van der Waals surface area contributed by atoms with Crippen molar-refractivity contribution in [3.63, 3.8) is 0 Å². The highest BCUT2D eigenvalue weighted by molar-refractivity contribution is 5.80. The van der Waals surface area contributed by atoms with Crippen LogP contribution in [0.3, 0.4) is 0 Å². The normalized spacial score (nSPS) is 18.2. The van der Waals surface area contributed by atoms with Gasteiger partial charge in [0.15, 0.2) is 5.96 Å². The lowest BCUT2D eigenvalue weighted by atomic mass is 10.1. The van der Waals surface area contributed by atoms with E-state index in [1.165, 1.54) is 21.6 Å². The summed E-state index contributed by atoms with van der Waals surface area (Å²) in [6.07, 6.45) is -2.33. The molecule has 28 heavy (non-hydrogen) atoms. The number of rotatable bonds is 7. The van der Waals surface area contributed by atoms with Gasteiger partial charge in [0.25, 0.3) is 0 Å². The highest BCUT2D eigenvalue weighted by Gasteiger charge is 2.32. The summed E-state index contributed by atoms with van der Waals surface area (Å²) in [6.45, 7) is 8.41. The van der Waals surface area contributed by atoms with Crippen molar-refractivity contribution in [2.45, 2.75) is 39.8 Å². The lowest BCUT2D eigenvalue weighted by Crippen LogP contribution is -2.42. The van der Waals surface area contributed by atoms with Gasteiger partial charge in [-0.05, 0) is 44.7 Å². The van der Waals surface area contributed by atoms with Crippen LogP contribution in [0, 0.1) is 19.8 Å². The Balaban J connectivity index is 1.81. The molecule has 4 nitrogen and oxygen atoms in total. The van der Waals surface area contributed by atoms with Crippen LogP contribution in [0.25, 0.3) is 0 Å². The number of likely N-dealkylation sites (tertiary alicyclic amines) is 1. The van der Waals surface area contributed by atoms with E-state index in [0.29, 0.717) is 13.1 Å². The van der Waals surface area contributed by atoms with Gasteiger partial charge in [-0.25, -0.2) is 0 Å². The Morgan fingerprint density at radius 2 is 1.93 bits per heavy atom. The molecule has 7 heteroatoms. The van der Waals surface area contributed by atoms with Crippen LogP contribution in [0.2, 0.25) is 0 Å². The predicted molar refractivity (Wildman–Crippen MR) is 109 cm³/mol. The number of guanidine groups is 1. The second-order valence-electron chi connectivity index (χ2n) is 7.76. The summed E-state index contributed by atoms with van der Waals surface area (Å²) < 4.78 is 38.0. The molecule has 0 radical (unpaired) electrons. The molecule has 158 valence electrons. The molecule has 1 aliphatic rings. The lowest BCUT2D eigenvalue weighted by molar-refractivity contribution is -0.146. The molecule has 1 N–H and O–H groups in total. The summed E-state index contributed by atoms with van der Waals surface area (Å²) in [5, 5.41) is 3.41. The third kappa shape index (κ3) is 7.34. The average Bonchev–Trinajstić information content (AvgIpc) is 3.04. The van der Waals surface area contributed by atoms with Gasteiger partial charge in [-0.3, -0.25) is 9.89 Å². The second-order valence-corrected chi connectivity index (χ2v) is 7.76. The van der Waals surface area contributed by atoms with Crippen LogP contribution in [-0.4, -0.2) is 68.3 Å². The van der Waals surface area contributed by atoms with E-state index in [0.717, 1.165) is 38.4 Å². The zero-order valence-corrected chi connectivity index (χ0v) is 17.4. The zero-order chi connectivity index (χ0) is 20.7. The molecule has 1 aliphatic heterocycles. The Morgan fingerprint density at radius 3 is 2.50 bits per heavy atom. The molecule has 1 heterocycles. The highest BCUT2D eigenvalue weighted by Crippen LogP contribution is 2.21. The number of hydrogen-bond acceptors (Lipinski definition) is 2. The number of benzene rings is 1. The summed E-state index contributed by atoms with van der Waals surface area (Å²) in [7, 11) is 1.76. The third-order valence-electron chi connectivity index (χ3n) is 5.14. The van der Waals surface area contributed by atoms with E-state index in [1.54, 1.807) is 14.0 Å². The Kier molecular flexibility index (Phi) is 8.16. The molecule has 2 rings (SSSR count). The predicted octanol–water partition coefficient (Wildman–Crippen LogP) is 3.63. The minimum Gasteiger partial charge on any atom is -0.356 e. The van der Waals surface area contributed by atoms with Crippen molar-refractivity contribution in [1.29, 1.82) is 0 Å². The summed E-state index contributed by atoms with van der Waals surface area (Å²) in [5.41, 5.74) is 3.83. The first kappa shape index (κ1) is 22.5. The van der Waals surface area contributed by atoms with Crippen molar-refractivity contribution in [2.24, 2.45) is 10.9 Å². The van der Waals surface area contributed by atoms with Crippen LogP contribution in [0.15, 0.2) is 23.2 Å². The highest BCUT2D eigenvalue weighted by atomic mass is 19.4. The van der Waals surface area contributed by atoms with Gasteiger partial charge in [0.05, 0.1) is 6.54 Å². The second kappa shape index (κ2) is 10.1. The molecule has 0 aromatic heterocycles. The van der Waals surface area contributed by atoms with E-state index in [1.807, 2.05) is 0 Å².